The minimum atomic E-state index is -0.291. The highest BCUT2D eigenvalue weighted by Gasteiger charge is 2.04. The van der Waals surface area contributed by atoms with Crippen molar-refractivity contribution in [2.24, 2.45) is 0 Å². The quantitative estimate of drug-likeness (QED) is 0.481. The first-order valence-electron chi connectivity index (χ1n) is 8.41. The van der Waals surface area contributed by atoms with E-state index >= 15 is 0 Å². The van der Waals surface area contributed by atoms with Gasteiger partial charge in [-0.3, -0.25) is 0 Å². The summed E-state index contributed by atoms with van der Waals surface area (Å²) in [6, 6.07) is 16.3. The van der Waals surface area contributed by atoms with E-state index in [2.05, 4.69) is 37.7 Å². The van der Waals surface area contributed by atoms with Crippen LogP contribution in [0, 0.1) is 5.82 Å². The molecule has 0 aliphatic rings. The number of aromatic amines is 1. The summed E-state index contributed by atoms with van der Waals surface area (Å²) in [5.74, 6) is 1.04. The van der Waals surface area contributed by atoms with Crippen LogP contribution in [0.1, 0.15) is 5.56 Å². The second-order valence-corrected chi connectivity index (χ2v) is 5.96. The molecule has 2 aromatic heterocycles. The zero-order chi connectivity index (χ0) is 17.8. The van der Waals surface area contributed by atoms with Crippen molar-refractivity contribution in [2.75, 3.05) is 17.2 Å². The lowest BCUT2D eigenvalue weighted by atomic mass is 10.1. The SMILES string of the molecule is Fc1cccc(Nc2cc(NCCc3c[nH]c4ccccc34)ncn2)c1. The van der Waals surface area contributed by atoms with E-state index in [-0.39, 0.29) is 5.82 Å². The Morgan fingerprint density at radius 3 is 2.77 bits per heavy atom. The Labute approximate surface area is 150 Å². The molecule has 6 heteroatoms. The molecule has 0 spiro atoms. The average Bonchev–Trinajstić information content (AvgIpc) is 3.06. The molecule has 4 aromatic rings. The van der Waals surface area contributed by atoms with Crippen LogP contribution in [-0.4, -0.2) is 21.5 Å². The normalized spacial score (nSPS) is 10.8. The third-order valence-electron chi connectivity index (χ3n) is 4.14. The summed E-state index contributed by atoms with van der Waals surface area (Å²) in [6.07, 6.45) is 4.40. The molecule has 0 atom stereocenters. The molecule has 0 bridgehead atoms. The topological polar surface area (TPSA) is 65.6 Å². The van der Waals surface area contributed by atoms with Gasteiger partial charge in [0.15, 0.2) is 0 Å². The molecule has 2 aromatic carbocycles. The van der Waals surface area contributed by atoms with Crippen LogP contribution >= 0.6 is 0 Å². The lowest BCUT2D eigenvalue weighted by molar-refractivity contribution is 0.628. The van der Waals surface area contributed by atoms with Crippen molar-refractivity contribution in [3.63, 3.8) is 0 Å². The van der Waals surface area contributed by atoms with Crippen LogP contribution < -0.4 is 10.6 Å². The number of benzene rings is 2. The van der Waals surface area contributed by atoms with Crippen LogP contribution in [0.5, 0.6) is 0 Å². The number of anilines is 3. The van der Waals surface area contributed by atoms with E-state index in [1.807, 2.05) is 18.3 Å². The van der Waals surface area contributed by atoms with E-state index in [0.717, 1.165) is 24.3 Å². The van der Waals surface area contributed by atoms with Gasteiger partial charge in [0.1, 0.15) is 23.8 Å². The fourth-order valence-electron chi connectivity index (χ4n) is 2.90. The van der Waals surface area contributed by atoms with Crippen LogP contribution in [-0.2, 0) is 6.42 Å². The van der Waals surface area contributed by atoms with Crippen molar-refractivity contribution >= 4 is 28.2 Å². The minimum absolute atomic E-state index is 0.291. The highest BCUT2D eigenvalue weighted by molar-refractivity contribution is 5.83. The Balaban J connectivity index is 1.39. The molecule has 0 aliphatic heterocycles. The molecule has 4 rings (SSSR count). The summed E-state index contributed by atoms with van der Waals surface area (Å²) in [5, 5.41) is 7.62. The van der Waals surface area contributed by atoms with Crippen molar-refractivity contribution in [3.05, 3.63) is 78.5 Å². The van der Waals surface area contributed by atoms with E-state index < -0.39 is 0 Å². The first-order chi connectivity index (χ1) is 12.8. The van der Waals surface area contributed by atoms with Gasteiger partial charge < -0.3 is 15.6 Å². The molecule has 3 N–H and O–H groups in total. The molecule has 0 aliphatic carbocycles. The number of aromatic nitrogens is 3. The number of fused-ring (bicyclic) bond motifs is 1. The van der Waals surface area contributed by atoms with Crippen LogP contribution in [0.2, 0.25) is 0 Å². The molecule has 0 saturated carbocycles. The summed E-state index contributed by atoms with van der Waals surface area (Å²) in [4.78, 5) is 11.7. The number of halogens is 1. The molecular formula is C20H18FN5. The minimum Gasteiger partial charge on any atom is -0.370 e. The highest BCUT2D eigenvalue weighted by atomic mass is 19.1. The van der Waals surface area contributed by atoms with Crippen LogP contribution in [0.15, 0.2) is 67.1 Å². The summed E-state index contributed by atoms with van der Waals surface area (Å²) in [6.45, 7) is 0.748. The van der Waals surface area contributed by atoms with Crippen molar-refractivity contribution in [3.8, 4) is 0 Å². The fraction of sp³-hybridized carbons (Fsp3) is 0.100. The maximum Gasteiger partial charge on any atom is 0.135 e. The van der Waals surface area contributed by atoms with Gasteiger partial charge in [0.05, 0.1) is 0 Å². The van der Waals surface area contributed by atoms with E-state index in [1.165, 1.54) is 29.4 Å². The Morgan fingerprint density at radius 1 is 0.962 bits per heavy atom. The Morgan fingerprint density at radius 2 is 1.85 bits per heavy atom. The second kappa shape index (κ2) is 7.23. The standard InChI is InChI=1S/C20H18FN5/c21-15-4-3-5-16(10-15)26-20-11-19(24-13-25-20)22-9-8-14-12-23-18-7-2-1-6-17(14)18/h1-7,10-13,23H,8-9H2,(H2,22,24,25,26). The Kier molecular flexibility index (Phi) is 4.47. The largest absolute Gasteiger partial charge is 0.370 e. The lowest BCUT2D eigenvalue weighted by Gasteiger charge is -2.08. The molecule has 0 radical (unpaired) electrons. The molecule has 0 unspecified atom stereocenters. The van der Waals surface area contributed by atoms with Gasteiger partial charge in [-0.1, -0.05) is 24.3 Å². The predicted octanol–water partition coefficient (Wildman–Crippen LogP) is 4.50. The summed E-state index contributed by atoms with van der Waals surface area (Å²) in [7, 11) is 0. The third kappa shape index (κ3) is 3.64. The number of nitrogens with one attached hydrogen (secondary N) is 3. The first-order valence-corrected chi connectivity index (χ1v) is 8.41. The van der Waals surface area contributed by atoms with Crippen LogP contribution in [0.25, 0.3) is 10.9 Å². The molecule has 130 valence electrons. The van der Waals surface area contributed by atoms with Gasteiger partial charge in [-0.25, -0.2) is 14.4 Å². The second-order valence-electron chi connectivity index (χ2n) is 5.96. The predicted molar refractivity (Wildman–Crippen MR) is 102 cm³/mol. The van der Waals surface area contributed by atoms with Gasteiger partial charge in [-0.2, -0.15) is 0 Å². The highest BCUT2D eigenvalue weighted by Crippen LogP contribution is 2.19. The molecule has 2 heterocycles. The van der Waals surface area contributed by atoms with Crippen molar-refractivity contribution < 1.29 is 4.39 Å². The number of rotatable bonds is 6. The summed E-state index contributed by atoms with van der Waals surface area (Å²) < 4.78 is 13.3. The van der Waals surface area contributed by atoms with Gasteiger partial charge in [0.25, 0.3) is 0 Å². The maximum atomic E-state index is 13.3. The maximum absolute atomic E-state index is 13.3. The zero-order valence-electron chi connectivity index (χ0n) is 14.0. The Bertz CT molecular complexity index is 1030. The smallest absolute Gasteiger partial charge is 0.135 e. The Hall–Kier alpha value is -3.41. The molecule has 26 heavy (non-hydrogen) atoms. The van der Waals surface area contributed by atoms with Gasteiger partial charge >= 0.3 is 0 Å². The zero-order valence-corrected chi connectivity index (χ0v) is 14.0. The average molecular weight is 347 g/mol. The van der Waals surface area contributed by atoms with Gasteiger partial charge in [-0.05, 0) is 36.2 Å². The summed E-state index contributed by atoms with van der Waals surface area (Å²) in [5.41, 5.74) is 3.06. The van der Waals surface area contributed by atoms with E-state index in [0.29, 0.717) is 11.5 Å². The van der Waals surface area contributed by atoms with Gasteiger partial charge in [0.2, 0.25) is 0 Å². The van der Waals surface area contributed by atoms with Crippen molar-refractivity contribution in [1.29, 1.82) is 0 Å². The number of nitrogens with zero attached hydrogens (tertiary/aromatic N) is 2. The van der Waals surface area contributed by atoms with E-state index in [1.54, 1.807) is 18.2 Å². The molecule has 0 amide bonds. The van der Waals surface area contributed by atoms with Gasteiger partial charge in [0, 0.05) is 35.4 Å². The fourth-order valence-corrected chi connectivity index (χ4v) is 2.90. The number of para-hydroxylation sites is 1. The monoisotopic (exact) mass is 347 g/mol. The van der Waals surface area contributed by atoms with Gasteiger partial charge in [-0.15, -0.1) is 0 Å². The van der Waals surface area contributed by atoms with E-state index in [9.17, 15) is 4.39 Å². The number of hydrogen-bond donors (Lipinski definition) is 3. The molecule has 0 fully saturated rings. The third-order valence-corrected chi connectivity index (χ3v) is 4.14. The number of H-pyrrole nitrogens is 1. The first kappa shape index (κ1) is 16.1. The van der Waals surface area contributed by atoms with Crippen LogP contribution in [0.3, 0.4) is 0 Å². The molecule has 0 saturated heterocycles. The number of hydrogen-bond acceptors (Lipinski definition) is 4. The lowest BCUT2D eigenvalue weighted by Crippen LogP contribution is -2.07. The van der Waals surface area contributed by atoms with Crippen LogP contribution in [0.4, 0.5) is 21.7 Å². The molecule has 5 nitrogen and oxygen atoms in total. The summed E-state index contributed by atoms with van der Waals surface area (Å²) >= 11 is 0. The van der Waals surface area contributed by atoms with Crippen molar-refractivity contribution in [1.82, 2.24) is 15.0 Å². The molecular weight excluding hydrogens is 329 g/mol. The van der Waals surface area contributed by atoms with Crippen molar-refractivity contribution in [2.45, 2.75) is 6.42 Å². The van der Waals surface area contributed by atoms with E-state index in [4.69, 9.17) is 0 Å².